The number of hydrogen-bond donors (Lipinski definition) is 3. The normalized spacial score (nSPS) is 25.6. The first kappa shape index (κ1) is 20.5. The number of unbranched alkanes of at least 4 members (excludes halogenated alkanes) is 7. The second-order valence-electron chi connectivity index (χ2n) is 7.02. The van der Waals surface area contributed by atoms with Crippen molar-refractivity contribution in [1.29, 1.82) is 0 Å². The van der Waals surface area contributed by atoms with Gasteiger partial charge in [0.25, 0.3) is 0 Å². The molecule has 0 aromatic heterocycles. The number of hydrogen-bond acceptors (Lipinski definition) is 4. The Kier molecular flexibility index (Phi) is 9.84. The summed E-state index contributed by atoms with van der Waals surface area (Å²) in [6, 6.07) is 0. The van der Waals surface area contributed by atoms with E-state index in [9.17, 15) is 15.3 Å². The quantitative estimate of drug-likeness (QED) is 0.477. The summed E-state index contributed by atoms with van der Waals surface area (Å²) in [6.07, 6.45) is 12.5. The fourth-order valence-electron chi connectivity index (χ4n) is 3.45. The summed E-state index contributed by atoms with van der Waals surface area (Å²) in [6.45, 7) is 5.65. The summed E-state index contributed by atoms with van der Waals surface area (Å²) in [5.74, 6) is 0.0229. The third-order valence-electron chi connectivity index (χ3n) is 5.05. The van der Waals surface area contributed by atoms with Crippen LogP contribution in [0, 0.1) is 0 Å². The molecule has 0 aliphatic carbocycles. The summed E-state index contributed by atoms with van der Waals surface area (Å²) in [5, 5.41) is 29.9. The lowest BCUT2D eigenvalue weighted by molar-refractivity contribution is -0.00479. The number of nitrogens with zero attached hydrogens (tertiary/aromatic N) is 1. The predicted octanol–water partition coefficient (Wildman–Crippen LogP) is 3.78. The Morgan fingerprint density at radius 3 is 2.26 bits per heavy atom. The van der Waals surface area contributed by atoms with Crippen molar-refractivity contribution < 1.29 is 15.3 Å². The molecule has 3 N–H and O–H groups in total. The third-order valence-corrected chi connectivity index (χ3v) is 5.05. The second kappa shape index (κ2) is 11.1. The lowest BCUT2D eigenvalue weighted by Gasteiger charge is -2.45. The fraction of sp³-hybridized carbons (Fsp3) is 0.895. The predicted molar refractivity (Wildman–Crippen MR) is 95.6 cm³/mol. The molecule has 4 nitrogen and oxygen atoms in total. The highest BCUT2D eigenvalue weighted by molar-refractivity contribution is 5.18. The number of aliphatic hydroxyl groups is 3. The average molecular weight is 328 g/mol. The minimum absolute atomic E-state index is 0.00330. The van der Waals surface area contributed by atoms with E-state index in [-0.39, 0.29) is 12.4 Å². The molecule has 0 spiro atoms. The molecule has 0 aromatic carbocycles. The molecule has 0 amide bonds. The molecule has 1 rings (SSSR count). The Morgan fingerprint density at radius 2 is 1.65 bits per heavy atom. The van der Waals surface area contributed by atoms with Crippen molar-refractivity contribution in [2.75, 3.05) is 19.7 Å². The highest BCUT2D eigenvalue weighted by Gasteiger charge is 2.39. The van der Waals surface area contributed by atoms with Crippen molar-refractivity contribution in [2.45, 2.75) is 89.7 Å². The van der Waals surface area contributed by atoms with Gasteiger partial charge in [0.2, 0.25) is 0 Å². The Morgan fingerprint density at radius 1 is 1.04 bits per heavy atom. The van der Waals surface area contributed by atoms with Crippen molar-refractivity contribution in [3.05, 3.63) is 11.8 Å². The molecular formula is C19H37NO3. The van der Waals surface area contributed by atoms with Crippen LogP contribution in [0.5, 0.6) is 0 Å². The minimum atomic E-state index is -0.819. The van der Waals surface area contributed by atoms with Crippen LogP contribution in [0.3, 0.4) is 0 Å². The van der Waals surface area contributed by atoms with Gasteiger partial charge in [-0.1, -0.05) is 65.2 Å². The Bertz CT molecular complexity index is 346. The monoisotopic (exact) mass is 327 g/mol. The van der Waals surface area contributed by atoms with Gasteiger partial charge in [0.15, 0.2) is 0 Å². The summed E-state index contributed by atoms with van der Waals surface area (Å²) in [7, 11) is 0. The molecule has 136 valence electrons. The van der Waals surface area contributed by atoms with Gasteiger partial charge in [0.1, 0.15) is 11.9 Å². The fourth-order valence-corrected chi connectivity index (χ4v) is 3.45. The van der Waals surface area contributed by atoms with Crippen LogP contribution in [0.1, 0.15) is 78.1 Å². The first-order chi connectivity index (χ1) is 11.1. The maximum Gasteiger partial charge on any atom is 0.123 e. The number of β-amino-alcohol motifs (C(OH)–C–C–N with tert-alkyl or cyclic N) is 1. The van der Waals surface area contributed by atoms with Crippen molar-refractivity contribution in [1.82, 2.24) is 4.90 Å². The van der Waals surface area contributed by atoms with E-state index in [1.54, 1.807) is 6.08 Å². The molecule has 0 saturated carbocycles. The SMILES string of the molecule is CCCCCCCCCC1(CO)C=C(O)[C@H](O)CN1CCCC. The van der Waals surface area contributed by atoms with E-state index >= 15 is 0 Å². The van der Waals surface area contributed by atoms with Gasteiger partial charge in [0, 0.05) is 6.54 Å². The summed E-state index contributed by atoms with van der Waals surface area (Å²) < 4.78 is 0. The van der Waals surface area contributed by atoms with Gasteiger partial charge >= 0.3 is 0 Å². The maximum atomic E-state index is 10.0. The molecule has 0 bridgehead atoms. The largest absolute Gasteiger partial charge is 0.510 e. The van der Waals surface area contributed by atoms with E-state index in [2.05, 4.69) is 18.7 Å². The summed E-state index contributed by atoms with van der Waals surface area (Å²) in [4.78, 5) is 2.16. The molecule has 0 fully saturated rings. The van der Waals surface area contributed by atoms with Crippen LogP contribution in [0.15, 0.2) is 11.8 Å². The van der Waals surface area contributed by atoms with Crippen LogP contribution >= 0.6 is 0 Å². The number of rotatable bonds is 12. The minimum Gasteiger partial charge on any atom is -0.510 e. The molecule has 23 heavy (non-hydrogen) atoms. The summed E-state index contributed by atoms with van der Waals surface area (Å²) >= 11 is 0. The summed E-state index contributed by atoms with van der Waals surface area (Å²) in [5.41, 5.74) is -0.498. The standard InChI is InChI=1S/C19H37NO3/c1-3-5-7-8-9-10-11-12-19(16-21)14-17(22)18(23)15-20(19)13-6-4-2/h14,18,21-23H,3-13,15-16H2,1-2H3/t18-,19?/m1/s1. The zero-order valence-electron chi connectivity index (χ0n) is 15.1. The van der Waals surface area contributed by atoms with Crippen molar-refractivity contribution in [3.63, 3.8) is 0 Å². The van der Waals surface area contributed by atoms with Crippen LogP contribution < -0.4 is 0 Å². The van der Waals surface area contributed by atoms with Gasteiger partial charge in [-0.15, -0.1) is 0 Å². The second-order valence-corrected chi connectivity index (χ2v) is 7.02. The van der Waals surface area contributed by atoms with Crippen LogP contribution in [-0.4, -0.2) is 51.6 Å². The zero-order valence-corrected chi connectivity index (χ0v) is 15.1. The van der Waals surface area contributed by atoms with Gasteiger partial charge in [-0.2, -0.15) is 0 Å². The van der Waals surface area contributed by atoms with Crippen LogP contribution in [0.25, 0.3) is 0 Å². The molecule has 4 heteroatoms. The molecule has 1 heterocycles. The van der Waals surface area contributed by atoms with Gasteiger partial charge in [-0.3, -0.25) is 4.90 Å². The van der Waals surface area contributed by atoms with E-state index < -0.39 is 11.6 Å². The van der Waals surface area contributed by atoms with Crippen molar-refractivity contribution in [2.24, 2.45) is 0 Å². The topological polar surface area (TPSA) is 63.9 Å². The zero-order chi connectivity index (χ0) is 17.1. The maximum absolute atomic E-state index is 10.0. The Balaban J connectivity index is 2.55. The van der Waals surface area contributed by atoms with Gasteiger partial charge < -0.3 is 15.3 Å². The van der Waals surface area contributed by atoms with E-state index in [0.717, 1.165) is 32.2 Å². The van der Waals surface area contributed by atoms with Crippen LogP contribution in [0.4, 0.5) is 0 Å². The van der Waals surface area contributed by atoms with E-state index in [4.69, 9.17) is 0 Å². The lowest BCUT2D eigenvalue weighted by atomic mass is 9.85. The average Bonchev–Trinajstić information content (AvgIpc) is 2.55. The molecule has 0 saturated heterocycles. The van der Waals surface area contributed by atoms with Crippen molar-refractivity contribution >= 4 is 0 Å². The van der Waals surface area contributed by atoms with Crippen LogP contribution in [0.2, 0.25) is 0 Å². The van der Waals surface area contributed by atoms with Crippen molar-refractivity contribution in [3.8, 4) is 0 Å². The molecule has 2 atom stereocenters. The van der Waals surface area contributed by atoms with E-state index in [1.165, 1.54) is 38.5 Å². The van der Waals surface area contributed by atoms with E-state index in [0.29, 0.717) is 6.54 Å². The van der Waals surface area contributed by atoms with Gasteiger partial charge in [-0.05, 0) is 25.5 Å². The molecule has 1 aliphatic heterocycles. The van der Waals surface area contributed by atoms with Gasteiger partial charge in [0.05, 0.1) is 12.1 Å². The first-order valence-electron chi connectivity index (χ1n) is 9.55. The lowest BCUT2D eigenvalue weighted by Crippen LogP contribution is -2.56. The Hall–Kier alpha value is -0.580. The van der Waals surface area contributed by atoms with Gasteiger partial charge in [-0.25, -0.2) is 0 Å². The highest BCUT2D eigenvalue weighted by atomic mass is 16.3. The Labute approximate surface area is 142 Å². The van der Waals surface area contributed by atoms with Crippen LogP contribution in [-0.2, 0) is 0 Å². The molecule has 1 unspecified atom stereocenters. The highest BCUT2D eigenvalue weighted by Crippen LogP contribution is 2.31. The first-order valence-corrected chi connectivity index (χ1v) is 9.55. The third kappa shape index (κ3) is 6.44. The molecular weight excluding hydrogens is 290 g/mol. The van der Waals surface area contributed by atoms with E-state index in [1.807, 2.05) is 0 Å². The smallest absolute Gasteiger partial charge is 0.123 e. The molecule has 0 radical (unpaired) electrons. The molecule has 0 aromatic rings. The number of aliphatic hydroxyl groups excluding tert-OH is 3. The molecule has 1 aliphatic rings.